The van der Waals surface area contributed by atoms with E-state index in [0.29, 0.717) is 23.5 Å². The Kier molecular flexibility index (Phi) is 4.67. The van der Waals surface area contributed by atoms with Crippen LogP contribution in [0.2, 0.25) is 0 Å². The number of anilines is 1. The number of halogens is 1. The van der Waals surface area contributed by atoms with E-state index in [1.54, 1.807) is 37.8 Å². The van der Waals surface area contributed by atoms with E-state index in [1.807, 2.05) is 12.1 Å². The Bertz CT molecular complexity index is 1190. The lowest BCUT2D eigenvalue weighted by Crippen LogP contribution is -2.20. The van der Waals surface area contributed by atoms with Crippen molar-refractivity contribution in [2.24, 2.45) is 7.05 Å². The van der Waals surface area contributed by atoms with Gasteiger partial charge in [0.2, 0.25) is 5.95 Å². The minimum Gasteiger partial charge on any atom is -0.448 e. The van der Waals surface area contributed by atoms with Crippen LogP contribution in [0.5, 0.6) is 11.5 Å². The first kappa shape index (κ1) is 17.6. The number of nitrogens with one attached hydrogen (secondary N) is 1. The smallest absolute Gasteiger partial charge is 0.294 e. The molecule has 0 radical (unpaired) electrons. The number of pyridine rings is 2. The molecule has 0 aliphatic heterocycles. The van der Waals surface area contributed by atoms with Crippen LogP contribution in [-0.4, -0.2) is 19.5 Å². The SMILES string of the molecule is Cn1c(=O)c(Oc2ccccc2F)cc2cnc(NCc3cccnc3)nc21. The molecule has 0 saturated heterocycles. The topological polar surface area (TPSA) is 81.9 Å². The van der Waals surface area contributed by atoms with E-state index in [0.717, 1.165) is 5.56 Å². The van der Waals surface area contributed by atoms with Gasteiger partial charge in [-0.05, 0) is 29.8 Å². The zero-order valence-electron chi connectivity index (χ0n) is 15.0. The summed E-state index contributed by atoms with van der Waals surface area (Å²) in [5.41, 5.74) is 0.996. The van der Waals surface area contributed by atoms with Crippen LogP contribution in [-0.2, 0) is 13.6 Å². The Morgan fingerprint density at radius 2 is 2.00 bits per heavy atom. The maximum Gasteiger partial charge on any atom is 0.294 e. The molecule has 140 valence electrons. The second-order valence-electron chi connectivity index (χ2n) is 6.09. The lowest BCUT2D eigenvalue weighted by Gasteiger charge is -2.11. The Labute approximate surface area is 159 Å². The molecule has 4 rings (SSSR count). The average Bonchev–Trinajstić information content (AvgIpc) is 2.73. The summed E-state index contributed by atoms with van der Waals surface area (Å²) in [6.45, 7) is 0.502. The van der Waals surface area contributed by atoms with Crippen LogP contribution in [0.4, 0.5) is 10.3 Å². The molecule has 28 heavy (non-hydrogen) atoms. The van der Waals surface area contributed by atoms with Crippen LogP contribution < -0.4 is 15.6 Å². The molecule has 3 aromatic heterocycles. The third-order valence-corrected chi connectivity index (χ3v) is 4.15. The van der Waals surface area contributed by atoms with E-state index in [-0.39, 0.29) is 11.5 Å². The molecule has 0 amide bonds. The maximum absolute atomic E-state index is 13.8. The van der Waals surface area contributed by atoms with Crippen LogP contribution in [0, 0.1) is 5.82 Å². The Hall–Kier alpha value is -3.81. The first-order chi connectivity index (χ1) is 13.6. The van der Waals surface area contributed by atoms with Crippen LogP contribution in [0.3, 0.4) is 0 Å². The lowest BCUT2D eigenvalue weighted by molar-refractivity contribution is 0.434. The zero-order valence-corrected chi connectivity index (χ0v) is 15.0. The van der Waals surface area contributed by atoms with Crippen molar-refractivity contribution < 1.29 is 9.13 Å². The van der Waals surface area contributed by atoms with Gasteiger partial charge in [-0.1, -0.05) is 18.2 Å². The number of nitrogens with zero attached hydrogens (tertiary/aromatic N) is 4. The molecular weight excluding hydrogens is 361 g/mol. The van der Waals surface area contributed by atoms with Gasteiger partial charge in [0.1, 0.15) is 5.65 Å². The fourth-order valence-corrected chi connectivity index (χ4v) is 2.71. The van der Waals surface area contributed by atoms with E-state index in [4.69, 9.17) is 4.74 Å². The van der Waals surface area contributed by atoms with E-state index in [2.05, 4.69) is 20.3 Å². The number of ether oxygens (including phenoxy) is 1. The molecule has 4 aromatic rings. The van der Waals surface area contributed by atoms with Crippen LogP contribution >= 0.6 is 0 Å². The van der Waals surface area contributed by atoms with Gasteiger partial charge in [-0.3, -0.25) is 14.3 Å². The number of aryl methyl sites for hydroxylation is 1. The summed E-state index contributed by atoms with van der Waals surface area (Å²) in [6, 6.07) is 11.2. The van der Waals surface area contributed by atoms with Gasteiger partial charge in [-0.15, -0.1) is 0 Å². The number of fused-ring (bicyclic) bond motifs is 1. The Morgan fingerprint density at radius 1 is 1.14 bits per heavy atom. The van der Waals surface area contributed by atoms with Crippen molar-refractivity contribution in [3.05, 3.63) is 82.8 Å². The fraction of sp³-hybridized carbons (Fsp3) is 0.100. The van der Waals surface area contributed by atoms with Gasteiger partial charge in [-0.25, -0.2) is 9.37 Å². The van der Waals surface area contributed by atoms with Gasteiger partial charge >= 0.3 is 0 Å². The van der Waals surface area contributed by atoms with Crippen LogP contribution in [0.1, 0.15) is 5.56 Å². The number of aromatic nitrogens is 4. The summed E-state index contributed by atoms with van der Waals surface area (Å²) < 4.78 is 20.7. The third kappa shape index (κ3) is 3.52. The number of hydrogen-bond donors (Lipinski definition) is 1. The molecule has 0 fully saturated rings. The molecule has 0 aliphatic rings. The number of hydrogen-bond acceptors (Lipinski definition) is 6. The van der Waals surface area contributed by atoms with Gasteiger partial charge in [0.05, 0.1) is 0 Å². The normalized spacial score (nSPS) is 10.8. The Balaban J connectivity index is 1.64. The van der Waals surface area contributed by atoms with Gasteiger partial charge in [0.25, 0.3) is 5.56 Å². The monoisotopic (exact) mass is 377 g/mol. The highest BCUT2D eigenvalue weighted by molar-refractivity contribution is 5.76. The third-order valence-electron chi connectivity index (χ3n) is 4.15. The second kappa shape index (κ2) is 7.43. The van der Waals surface area contributed by atoms with E-state index in [1.165, 1.54) is 22.8 Å². The van der Waals surface area contributed by atoms with Crippen molar-refractivity contribution in [3.63, 3.8) is 0 Å². The minimum absolute atomic E-state index is 0.000214. The maximum atomic E-state index is 13.8. The molecule has 0 aliphatic carbocycles. The molecule has 7 nitrogen and oxygen atoms in total. The molecule has 0 atom stereocenters. The fourth-order valence-electron chi connectivity index (χ4n) is 2.71. The van der Waals surface area contributed by atoms with E-state index >= 15 is 0 Å². The predicted molar refractivity (Wildman–Crippen MR) is 103 cm³/mol. The molecule has 8 heteroatoms. The van der Waals surface area contributed by atoms with Crippen LogP contribution in [0.25, 0.3) is 11.0 Å². The first-order valence-corrected chi connectivity index (χ1v) is 8.54. The van der Waals surface area contributed by atoms with Gasteiger partial charge < -0.3 is 10.1 Å². The lowest BCUT2D eigenvalue weighted by atomic mass is 10.3. The summed E-state index contributed by atoms with van der Waals surface area (Å²) in [4.78, 5) is 25.3. The standard InChI is InChI=1S/C20H16FN5O2/c1-26-18-14(9-17(19(26)27)28-16-7-3-2-6-15(16)21)12-24-20(25-18)23-11-13-5-4-8-22-10-13/h2-10,12H,11H2,1H3,(H,23,24,25). The summed E-state index contributed by atoms with van der Waals surface area (Å²) in [7, 11) is 1.58. The second-order valence-corrected chi connectivity index (χ2v) is 6.09. The largest absolute Gasteiger partial charge is 0.448 e. The summed E-state index contributed by atoms with van der Waals surface area (Å²) in [5.74, 6) is -0.181. The summed E-state index contributed by atoms with van der Waals surface area (Å²) >= 11 is 0. The molecular formula is C20H16FN5O2. The van der Waals surface area contributed by atoms with Crippen molar-refractivity contribution >= 4 is 17.0 Å². The Morgan fingerprint density at radius 3 is 2.79 bits per heavy atom. The van der Waals surface area contributed by atoms with Gasteiger partial charge in [0.15, 0.2) is 17.3 Å². The van der Waals surface area contributed by atoms with E-state index in [9.17, 15) is 9.18 Å². The highest BCUT2D eigenvalue weighted by Crippen LogP contribution is 2.24. The van der Waals surface area contributed by atoms with Gasteiger partial charge in [0, 0.05) is 37.6 Å². The molecule has 3 heterocycles. The van der Waals surface area contributed by atoms with Gasteiger partial charge in [-0.2, -0.15) is 4.98 Å². The average molecular weight is 377 g/mol. The number of benzene rings is 1. The number of rotatable bonds is 5. The van der Waals surface area contributed by atoms with Crippen molar-refractivity contribution in [1.29, 1.82) is 0 Å². The summed E-state index contributed by atoms with van der Waals surface area (Å²) in [6.07, 6.45) is 5.03. The molecule has 1 N–H and O–H groups in total. The molecule has 0 spiro atoms. The highest BCUT2D eigenvalue weighted by atomic mass is 19.1. The first-order valence-electron chi connectivity index (χ1n) is 8.54. The molecule has 0 unspecified atom stereocenters. The number of para-hydroxylation sites is 1. The zero-order chi connectivity index (χ0) is 19.5. The quantitative estimate of drug-likeness (QED) is 0.575. The van der Waals surface area contributed by atoms with Crippen molar-refractivity contribution in [3.8, 4) is 11.5 Å². The summed E-state index contributed by atoms with van der Waals surface area (Å²) in [5, 5.41) is 3.70. The molecule has 1 aromatic carbocycles. The minimum atomic E-state index is -0.546. The van der Waals surface area contributed by atoms with E-state index < -0.39 is 11.4 Å². The molecule has 0 bridgehead atoms. The van der Waals surface area contributed by atoms with Crippen molar-refractivity contribution in [2.75, 3.05) is 5.32 Å². The van der Waals surface area contributed by atoms with Crippen LogP contribution in [0.15, 0.2) is 65.8 Å². The van der Waals surface area contributed by atoms with Crippen molar-refractivity contribution in [1.82, 2.24) is 19.5 Å². The predicted octanol–water partition coefficient (Wildman–Crippen LogP) is 3.27. The van der Waals surface area contributed by atoms with Crippen molar-refractivity contribution in [2.45, 2.75) is 6.54 Å². The highest BCUT2D eigenvalue weighted by Gasteiger charge is 2.13. The molecule has 0 saturated carbocycles.